The number of aromatic carboxylic acids is 1. The number of hydrogen-bond acceptors (Lipinski definition) is 5. The zero-order valence-corrected chi connectivity index (χ0v) is 22.2. The second-order valence-electron chi connectivity index (χ2n) is 9.60. The van der Waals surface area contributed by atoms with E-state index in [4.69, 9.17) is 4.42 Å². The maximum absolute atomic E-state index is 12.2. The normalized spacial score (nSPS) is 13.1. The Hall–Kier alpha value is -2.57. The fourth-order valence-electron chi connectivity index (χ4n) is 4.59. The standard InChI is InChI=1S/C30H38O5S/c1-3-5-6-7-8-9-10-12-22-13-11-14-23(18-22)21-30(34,17-4-2)36-24-15-16-25-26(31)20-28(29(32)33)35-27(25)19-24/h11,13-16,18-20,34H,3-10,12,17,21H2,1-2H3,(H,32,33)/t30-/m1/s1. The molecule has 3 aromatic rings. The second kappa shape index (κ2) is 13.7. The largest absolute Gasteiger partial charge is 0.475 e. The molecule has 2 aromatic carbocycles. The van der Waals surface area contributed by atoms with E-state index in [0.717, 1.165) is 29.4 Å². The minimum Gasteiger partial charge on any atom is -0.475 e. The highest BCUT2D eigenvalue weighted by atomic mass is 32.2. The summed E-state index contributed by atoms with van der Waals surface area (Å²) in [7, 11) is 0. The van der Waals surface area contributed by atoms with Gasteiger partial charge in [0.05, 0.1) is 5.39 Å². The zero-order valence-electron chi connectivity index (χ0n) is 21.4. The summed E-state index contributed by atoms with van der Waals surface area (Å²) in [6, 6.07) is 14.5. The zero-order chi connectivity index (χ0) is 26.0. The lowest BCUT2D eigenvalue weighted by atomic mass is 9.99. The number of benzene rings is 2. The number of hydrogen-bond donors (Lipinski definition) is 2. The van der Waals surface area contributed by atoms with Crippen molar-refractivity contribution in [3.8, 4) is 0 Å². The SMILES string of the molecule is CCCCCCCCCc1cccc(C[C@@](O)(CCC)Sc2ccc3c(=O)cc(C(=O)O)oc3c2)c1. The molecule has 6 heteroatoms. The lowest BCUT2D eigenvalue weighted by Crippen LogP contribution is -2.27. The fraction of sp³-hybridized carbons (Fsp3) is 0.467. The van der Waals surface area contributed by atoms with E-state index in [9.17, 15) is 19.8 Å². The number of carboxylic acid groups (broad SMARTS) is 1. The summed E-state index contributed by atoms with van der Waals surface area (Å²) < 4.78 is 5.43. The van der Waals surface area contributed by atoms with E-state index >= 15 is 0 Å². The van der Waals surface area contributed by atoms with Crippen LogP contribution in [-0.4, -0.2) is 21.1 Å². The van der Waals surface area contributed by atoms with Crippen LogP contribution in [0.4, 0.5) is 0 Å². The average Bonchev–Trinajstić information content (AvgIpc) is 2.83. The van der Waals surface area contributed by atoms with Crippen LogP contribution in [0.25, 0.3) is 11.0 Å². The van der Waals surface area contributed by atoms with Crippen molar-refractivity contribution in [2.24, 2.45) is 0 Å². The topological polar surface area (TPSA) is 87.7 Å². The quantitative estimate of drug-likeness (QED) is 0.124. The molecule has 5 nitrogen and oxygen atoms in total. The molecule has 0 bridgehead atoms. The molecular formula is C30H38O5S. The lowest BCUT2D eigenvalue weighted by Gasteiger charge is -2.27. The van der Waals surface area contributed by atoms with E-state index in [-0.39, 0.29) is 5.58 Å². The highest BCUT2D eigenvalue weighted by Crippen LogP contribution is 2.38. The summed E-state index contributed by atoms with van der Waals surface area (Å²) >= 11 is 1.33. The molecule has 194 valence electrons. The molecule has 0 unspecified atom stereocenters. The molecule has 2 N–H and O–H groups in total. The van der Waals surface area contributed by atoms with Crippen LogP contribution >= 0.6 is 11.8 Å². The maximum atomic E-state index is 12.2. The number of thioether (sulfide) groups is 1. The van der Waals surface area contributed by atoms with Crippen molar-refractivity contribution in [1.29, 1.82) is 0 Å². The summed E-state index contributed by atoms with van der Waals surface area (Å²) in [6.45, 7) is 4.28. The first-order chi connectivity index (χ1) is 17.3. The summed E-state index contributed by atoms with van der Waals surface area (Å²) in [5.74, 6) is -1.68. The Kier molecular flexibility index (Phi) is 10.6. The average molecular weight is 511 g/mol. The lowest BCUT2D eigenvalue weighted by molar-refractivity contribution is 0.0663. The molecule has 0 aliphatic rings. The first kappa shape index (κ1) is 28.0. The molecule has 3 rings (SSSR count). The van der Waals surface area contributed by atoms with Gasteiger partial charge in [0.1, 0.15) is 10.5 Å². The Morgan fingerprint density at radius 3 is 2.36 bits per heavy atom. The van der Waals surface area contributed by atoms with E-state index in [2.05, 4.69) is 31.2 Å². The van der Waals surface area contributed by atoms with Crippen LogP contribution in [0.1, 0.15) is 93.3 Å². The third-order valence-electron chi connectivity index (χ3n) is 6.40. The van der Waals surface area contributed by atoms with Crippen molar-refractivity contribution in [2.75, 3.05) is 0 Å². The van der Waals surface area contributed by atoms with Crippen molar-refractivity contribution < 1.29 is 19.4 Å². The van der Waals surface area contributed by atoms with Crippen LogP contribution in [0.15, 0.2) is 62.6 Å². The Labute approximate surface area is 217 Å². The molecular weight excluding hydrogens is 472 g/mol. The predicted octanol–water partition coefficient (Wildman–Crippen LogP) is 7.61. The van der Waals surface area contributed by atoms with Crippen LogP contribution in [-0.2, 0) is 12.8 Å². The van der Waals surface area contributed by atoms with E-state index in [0.29, 0.717) is 18.2 Å². The van der Waals surface area contributed by atoms with Gasteiger partial charge in [-0.2, -0.15) is 0 Å². The van der Waals surface area contributed by atoms with Crippen LogP contribution < -0.4 is 5.43 Å². The summed E-state index contributed by atoms with van der Waals surface area (Å²) in [6.07, 6.45) is 12.0. The van der Waals surface area contributed by atoms with E-state index in [1.165, 1.54) is 62.3 Å². The van der Waals surface area contributed by atoms with Gasteiger partial charge in [-0.1, -0.05) is 94.8 Å². The third-order valence-corrected chi connectivity index (χ3v) is 7.62. The molecule has 0 aliphatic heterocycles. The molecule has 1 atom stereocenters. The molecule has 0 amide bonds. The second-order valence-corrected chi connectivity index (χ2v) is 11.0. The Balaban J connectivity index is 1.69. The number of aryl methyl sites for hydroxylation is 1. The van der Waals surface area contributed by atoms with Crippen LogP contribution in [0.3, 0.4) is 0 Å². The molecule has 0 fully saturated rings. The third kappa shape index (κ3) is 8.24. The van der Waals surface area contributed by atoms with Gasteiger partial charge in [0, 0.05) is 17.4 Å². The minimum atomic E-state index is -1.29. The summed E-state index contributed by atoms with van der Waals surface area (Å²) in [4.78, 5) is 23.2. The molecule has 1 aromatic heterocycles. The fourth-order valence-corrected chi connectivity index (χ4v) is 5.88. The first-order valence-corrected chi connectivity index (χ1v) is 14.0. The molecule has 0 radical (unpaired) electrons. The van der Waals surface area contributed by atoms with Crippen LogP contribution in [0, 0.1) is 0 Å². The number of carbonyl (C=O) groups is 1. The Morgan fingerprint density at radius 1 is 0.917 bits per heavy atom. The molecule has 0 saturated carbocycles. The van der Waals surface area contributed by atoms with Gasteiger partial charge < -0.3 is 14.6 Å². The monoisotopic (exact) mass is 510 g/mol. The number of rotatable bonds is 15. The minimum absolute atomic E-state index is 0.209. The summed E-state index contributed by atoms with van der Waals surface area (Å²) in [5, 5.41) is 21.1. The maximum Gasteiger partial charge on any atom is 0.371 e. The smallest absolute Gasteiger partial charge is 0.371 e. The van der Waals surface area contributed by atoms with Crippen molar-refractivity contribution in [3.05, 3.63) is 75.6 Å². The number of aliphatic hydroxyl groups is 1. The number of carboxylic acids is 1. The molecule has 0 spiro atoms. The van der Waals surface area contributed by atoms with Crippen molar-refractivity contribution in [2.45, 2.75) is 94.3 Å². The van der Waals surface area contributed by atoms with Gasteiger partial charge in [-0.25, -0.2) is 4.79 Å². The van der Waals surface area contributed by atoms with E-state index in [1.54, 1.807) is 18.2 Å². The van der Waals surface area contributed by atoms with Gasteiger partial charge in [-0.3, -0.25) is 4.79 Å². The van der Waals surface area contributed by atoms with Crippen LogP contribution in [0.2, 0.25) is 0 Å². The van der Waals surface area contributed by atoms with Crippen molar-refractivity contribution in [3.63, 3.8) is 0 Å². The first-order valence-electron chi connectivity index (χ1n) is 13.1. The highest BCUT2D eigenvalue weighted by molar-refractivity contribution is 8.00. The molecule has 36 heavy (non-hydrogen) atoms. The van der Waals surface area contributed by atoms with E-state index in [1.807, 2.05) is 6.92 Å². The van der Waals surface area contributed by atoms with Crippen molar-refractivity contribution in [1.82, 2.24) is 0 Å². The van der Waals surface area contributed by atoms with Gasteiger partial charge in [0.25, 0.3) is 0 Å². The van der Waals surface area contributed by atoms with Gasteiger partial charge in [0.15, 0.2) is 5.43 Å². The number of unbranched alkanes of at least 4 members (excludes halogenated alkanes) is 6. The predicted molar refractivity (Wildman–Crippen MR) is 147 cm³/mol. The molecule has 1 heterocycles. The summed E-state index contributed by atoms with van der Waals surface area (Å²) in [5.41, 5.74) is 2.21. The van der Waals surface area contributed by atoms with Crippen molar-refractivity contribution >= 4 is 28.7 Å². The molecule has 0 saturated heterocycles. The molecule has 0 aliphatic carbocycles. The Morgan fingerprint density at radius 2 is 1.64 bits per heavy atom. The van der Waals surface area contributed by atoms with Crippen LogP contribution in [0.5, 0.6) is 0 Å². The van der Waals surface area contributed by atoms with Gasteiger partial charge in [0.2, 0.25) is 5.76 Å². The highest BCUT2D eigenvalue weighted by Gasteiger charge is 2.28. The van der Waals surface area contributed by atoms with E-state index < -0.39 is 22.1 Å². The number of fused-ring (bicyclic) bond motifs is 1. The van der Waals surface area contributed by atoms with Gasteiger partial charge in [-0.05, 0) is 48.6 Å². The van der Waals surface area contributed by atoms with Gasteiger partial charge >= 0.3 is 5.97 Å². The Bertz CT molecular complexity index is 1200. The van der Waals surface area contributed by atoms with Gasteiger partial charge in [-0.15, -0.1) is 0 Å².